The van der Waals surface area contributed by atoms with E-state index in [2.05, 4.69) is 0 Å². The van der Waals surface area contributed by atoms with Crippen molar-refractivity contribution in [1.29, 1.82) is 0 Å². The number of nitrogens with zero attached hydrogens (tertiary/aromatic N) is 2. The molecule has 1 aromatic rings. The molecule has 2 amide bonds. The van der Waals surface area contributed by atoms with Crippen molar-refractivity contribution in [1.82, 2.24) is 9.80 Å². The molecule has 0 spiro atoms. The highest BCUT2D eigenvalue weighted by Gasteiger charge is 2.47. The summed E-state index contributed by atoms with van der Waals surface area (Å²) in [5, 5.41) is 9.20. The number of ether oxygens (including phenoxy) is 1. The first-order valence-electron chi connectivity index (χ1n) is 10.3. The van der Waals surface area contributed by atoms with Gasteiger partial charge in [0.15, 0.2) is 9.84 Å². The van der Waals surface area contributed by atoms with E-state index in [-0.39, 0.29) is 43.3 Å². The minimum atomic E-state index is -3.86. The van der Waals surface area contributed by atoms with Crippen LogP contribution in [-0.2, 0) is 37.1 Å². The van der Waals surface area contributed by atoms with Crippen LogP contribution >= 0.6 is 0 Å². The fourth-order valence-corrected chi connectivity index (χ4v) is 6.16. The number of carboxylic acid groups (broad SMARTS) is 1. The molecule has 170 valence electrons. The van der Waals surface area contributed by atoms with E-state index in [0.29, 0.717) is 19.5 Å². The Morgan fingerprint density at radius 3 is 2.35 bits per heavy atom. The number of esters is 1. The summed E-state index contributed by atoms with van der Waals surface area (Å²) in [6.07, 6.45) is -0.265. The van der Waals surface area contributed by atoms with Gasteiger partial charge in [-0.25, -0.2) is 13.2 Å². The van der Waals surface area contributed by atoms with Crippen LogP contribution in [0.25, 0.3) is 0 Å². The van der Waals surface area contributed by atoms with E-state index in [4.69, 9.17) is 4.74 Å². The van der Waals surface area contributed by atoms with Crippen molar-refractivity contribution in [2.24, 2.45) is 5.41 Å². The summed E-state index contributed by atoms with van der Waals surface area (Å²) in [5.41, 5.74) is 0.502. The summed E-state index contributed by atoms with van der Waals surface area (Å²) >= 11 is 0. The monoisotopic (exact) mass is 452 g/mol. The van der Waals surface area contributed by atoms with E-state index in [1.54, 1.807) is 30.0 Å². The maximum absolute atomic E-state index is 13.3. The summed E-state index contributed by atoms with van der Waals surface area (Å²) in [6, 6.07) is 4.90. The molecule has 0 bridgehead atoms. The Kier molecular flexibility index (Phi) is 6.59. The maximum atomic E-state index is 13.3. The highest BCUT2D eigenvalue weighted by atomic mass is 32.2. The number of fused-ring (bicyclic) bond motifs is 1. The van der Waals surface area contributed by atoms with Crippen LogP contribution in [0.15, 0.2) is 23.1 Å². The van der Waals surface area contributed by atoms with Crippen molar-refractivity contribution in [3.8, 4) is 0 Å². The predicted octanol–water partition coefficient (Wildman–Crippen LogP) is 1.69. The number of hydrogen-bond acceptors (Lipinski definition) is 6. The van der Waals surface area contributed by atoms with Crippen molar-refractivity contribution in [2.45, 2.75) is 44.6 Å². The van der Waals surface area contributed by atoms with E-state index < -0.39 is 33.1 Å². The lowest BCUT2D eigenvalue weighted by Crippen LogP contribution is -2.50. The molecular weight excluding hydrogens is 424 g/mol. The van der Waals surface area contributed by atoms with Crippen LogP contribution in [0.5, 0.6) is 0 Å². The normalized spacial score (nSPS) is 18.3. The van der Waals surface area contributed by atoms with Crippen molar-refractivity contribution < 1.29 is 32.6 Å². The lowest BCUT2D eigenvalue weighted by Gasteiger charge is -2.38. The molecule has 3 rings (SSSR count). The van der Waals surface area contributed by atoms with Gasteiger partial charge in [-0.2, -0.15) is 0 Å². The molecule has 9 nitrogen and oxygen atoms in total. The first-order chi connectivity index (χ1) is 14.6. The van der Waals surface area contributed by atoms with Gasteiger partial charge in [0, 0.05) is 33.1 Å². The van der Waals surface area contributed by atoms with E-state index in [1.165, 1.54) is 11.8 Å². The number of benzene rings is 1. The molecule has 0 aliphatic carbocycles. The van der Waals surface area contributed by atoms with Crippen LogP contribution in [0.2, 0.25) is 0 Å². The van der Waals surface area contributed by atoms with Crippen LogP contribution in [0.4, 0.5) is 4.79 Å². The molecule has 1 aromatic carbocycles. The minimum absolute atomic E-state index is 0.0645. The Morgan fingerprint density at radius 1 is 1.10 bits per heavy atom. The van der Waals surface area contributed by atoms with E-state index in [1.807, 2.05) is 0 Å². The van der Waals surface area contributed by atoms with Crippen molar-refractivity contribution in [2.75, 3.05) is 32.0 Å². The fourth-order valence-electron chi connectivity index (χ4n) is 4.26. The predicted molar refractivity (Wildman–Crippen MR) is 111 cm³/mol. The smallest absolute Gasteiger partial charge is 0.407 e. The third-order valence-electron chi connectivity index (χ3n) is 6.16. The van der Waals surface area contributed by atoms with Crippen LogP contribution in [0.3, 0.4) is 0 Å². The Labute approximate surface area is 181 Å². The molecule has 0 saturated carbocycles. The lowest BCUT2D eigenvalue weighted by atomic mass is 9.80. The largest absolute Gasteiger partial charge is 0.466 e. The van der Waals surface area contributed by atoms with Crippen LogP contribution in [-0.4, -0.2) is 73.3 Å². The summed E-state index contributed by atoms with van der Waals surface area (Å²) in [5.74, 6) is -1.11. The van der Waals surface area contributed by atoms with Crippen molar-refractivity contribution in [3.63, 3.8) is 0 Å². The van der Waals surface area contributed by atoms with Crippen molar-refractivity contribution in [3.05, 3.63) is 29.3 Å². The number of piperidine rings is 1. The Hall–Kier alpha value is -2.62. The average Bonchev–Trinajstić information content (AvgIpc) is 2.73. The Bertz CT molecular complexity index is 981. The summed E-state index contributed by atoms with van der Waals surface area (Å²) in [4.78, 5) is 38.7. The van der Waals surface area contributed by atoms with Crippen LogP contribution in [0.1, 0.15) is 37.8 Å². The Morgan fingerprint density at radius 2 is 1.77 bits per heavy atom. The van der Waals surface area contributed by atoms with Gasteiger partial charge in [0.2, 0.25) is 5.91 Å². The average molecular weight is 453 g/mol. The molecule has 1 N–H and O–H groups in total. The number of carbonyl (C=O) groups is 3. The zero-order valence-electron chi connectivity index (χ0n) is 17.8. The molecule has 2 heterocycles. The van der Waals surface area contributed by atoms with E-state index in [9.17, 15) is 27.9 Å². The number of hydrogen-bond donors (Lipinski definition) is 1. The van der Waals surface area contributed by atoms with Crippen LogP contribution in [0, 0.1) is 5.41 Å². The van der Waals surface area contributed by atoms with Gasteiger partial charge in [-0.1, -0.05) is 6.07 Å². The lowest BCUT2D eigenvalue weighted by molar-refractivity contribution is -0.156. The maximum Gasteiger partial charge on any atom is 0.407 e. The summed E-state index contributed by atoms with van der Waals surface area (Å²) in [6.45, 7) is 4.34. The number of carbonyl (C=O) groups excluding carboxylic acids is 2. The first-order valence-corrected chi connectivity index (χ1v) is 12.0. The topological polar surface area (TPSA) is 121 Å². The third-order valence-corrected chi connectivity index (χ3v) is 8.07. The van der Waals surface area contributed by atoms with Gasteiger partial charge in [-0.05, 0) is 49.4 Å². The molecule has 2 aliphatic rings. The van der Waals surface area contributed by atoms with E-state index >= 15 is 0 Å². The molecule has 10 heteroatoms. The zero-order chi connectivity index (χ0) is 22.8. The SMILES string of the molecule is CCOC(=O)C1(CS(=O)(=O)c2ccc3c(c2)CN(C(C)=O)CC3)CCN(C(=O)O)CC1. The molecule has 2 aliphatic heterocycles. The quantitative estimate of drug-likeness (QED) is 0.675. The van der Waals surface area contributed by atoms with Gasteiger partial charge < -0.3 is 19.6 Å². The summed E-state index contributed by atoms with van der Waals surface area (Å²) < 4.78 is 31.8. The minimum Gasteiger partial charge on any atom is -0.466 e. The van der Waals surface area contributed by atoms with Gasteiger partial charge in [0.1, 0.15) is 0 Å². The second kappa shape index (κ2) is 8.86. The Balaban J connectivity index is 1.88. The van der Waals surface area contributed by atoms with Gasteiger partial charge in [0.25, 0.3) is 0 Å². The third kappa shape index (κ3) is 4.84. The number of sulfone groups is 1. The zero-order valence-corrected chi connectivity index (χ0v) is 18.6. The fraction of sp³-hybridized carbons (Fsp3) is 0.571. The molecule has 1 fully saturated rings. The molecule has 0 radical (unpaired) electrons. The van der Waals surface area contributed by atoms with Gasteiger partial charge in [-0.15, -0.1) is 0 Å². The molecule has 0 atom stereocenters. The molecule has 31 heavy (non-hydrogen) atoms. The van der Waals surface area contributed by atoms with Crippen LogP contribution < -0.4 is 0 Å². The van der Waals surface area contributed by atoms with E-state index in [0.717, 1.165) is 11.1 Å². The number of rotatable bonds is 5. The highest BCUT2D eigenvalue weighted by molar-refractivity contribution is 7.91. The highest BCUT2D eigenvalue weighted by Crippen LogP contribution is 2.37. The number of likely N-dealkylation sites (tertiary alicyclic amines) is 1. The first kappa shape index (κ1) is 23.1. The number of amides is 2. The standard InChI is InChI=1S/C21H28N2O7S/c1-3-30-19(25)21(7-10-22(11-8-21)20(26)27)14-31(28,29)18-5-4-16-6-9-23(15(2)24)13-17(16)12-18/h4-5,12H,3,6-11,13-14H2,1-2H3,(H,26,27). The van der Waals surface area contributed by atoms with Gasteiger partial charge in [-0.3, -0.25) is 9.59 Å². The van der Waals surface area contributed by atoms with Gasteiger partial charge in [0.05, 0.1) is 22.7 Å². The van der Waals surface area contributed by atoms with Crippen molar-refractivity contribution >= 4 is 27.8 Å². The second-order valence-electron chi connectivity index (χ2n) is 8.15. The second-order valence-corrected chi connectivity index (χ2v) is 10.1. The van der Waals surface area contributed by atoms with Gasteiger partial charge >= 0.3 is 12.1 Å². The molecule has 0 unspecified atom stereocenters. The molecular formula is C21H28N2O7S. The molecule has 0 aromatic heterocycles. The summed E-state index contributed by atoms with van der Waals surface area (Å²) in [7, 11) is -3.86. The molecule has 1 saturated heterocycles.